The topological polar surface area (TPSA) is 66.3 Å². The predicted molar refractivity (Wildman–Crippen MR) is 96.3 cm³/mol. The van der Waals surface area contributed by atoms with Crippen molar-refractivity contribution in [3.05, 3.63) is 52.8 Å². The summed E-state index contributed by atoms with van der Waals surface area (Å²) in [6, 6.07) is 7.27. The molecule has 2 heterocycles. The third-order valence-electron chi connectivity index (χ3n) is 5.80. The molecule has 8 heteroatoms. The summed E-state index contributed by atoms with van der Waals surface area (Å²) in [5, 5.41) is 9.19. The first kappa shape index (κ1) is 18.7. The maximum atomic E-state index is 13.3. The minimum absolute atomic E-state index is 0.0449. The number of rotatable bonds is 3. The van der Waals surface area contributed by atoms with Crippen molar-refractivity contribution >= 4 is 11.9 Å². The molecule has 1 aliphatic heterocycles. The van der Waals surface area contributed by atoms with Crippen molar-refractivity contribution in [1.29, 1.82) is 0 Å². The Morgan fingerprint density at radius 1 is 1.14 bits per heavy atom. The number of fused-ring (bicyclic) bond motifs is 1. The summed E-state index contributed by atoms with van der Waals surface area (Å²) in [4.78, 5) is 21.7. The molecule has 5 nitrogen and oxygen atoms in total. The van der Waals surface area contributed by atoms with Gasteiger partial charge in [-0.05, 0) is 55.2 Å². The van der Waals surface area contributed by atoms with Gasteiger partial charge < -0.3 is 10.0 Å². The minimum atomic E-state index is -4.34. The molecule has 148 valence electrons. The van der Waals surface area contributed by atoms with Crippen molar-refractivity contribution in [2.24, 2.45) is 11.8 Å². The van der Waals surface area contributed by atoms with Crippen LogP contribution in [-0.4, -0.2) is 34.1 Å². The summed E-state index contributed by atoms with van der Waals surface area (Å²) in [6.07, 6.45) is -2.97. The number of carboxylic acids is 1. The molecule has 2 unspecified atom stereocenters. The average Bonchev–Trinajstić information content (AvgIpc) is 3.19. The number of hydrogen-bond acceptors (Lipinski definition) is 4. The zero-order valence-corrected chi connectivity index (χ0v) is 15.3. The smallest absolute Gasteiger partial charge is 0.416 e. The number of benzene rings is 1. The van der Waals surface area contributed by atoms with E-state index in [9.17, 15) is 23.1 Å². The van der Waals surface area contributed by atoms with Gasteiger partial charge in [-0.15, -0.1) is 0 Å². The summed E-state index contributed by atoms with van der Waals surface area (Å²) in [5.74, 6) is -0.315. The highest BCUT2D eigenvalue weighted by molar-refractivity contribution is 5.85. The Morgan fingerprint density at radius 2 is 1.79 bits per heavy atom. The van der Waals surface area contributed by atoms with Gasteiger partial charge in [0, 0.05) is 18.8 Å². The molecule has 1 aromatic heterocycles. The molecule has 1 aromatic carbocycles. The van der Waals surface area contributed by atoms with Crippen LogP contribution in [0.3, 0.4) is 0 Å². The summed E-state index contributed by atoms with van der Waals surface area (Å²) in [5.41, 5.74) is 0.383. The van der Waals surface area contributed by atoms with Crippen LogP contribution < -0.4 is 4.90 Å². The van der Waals surface area contributed by atoms with Crippen molar-refractivity contribution in [1.82, 2.24) is 9.97 Å². The van der Waals surface area contributed by atoms with Gasteiger partial charge in [0.25, 0.3) is 0 Å². The van der Waals surface area contributed by atoms with Crippen LogP contribution in [0.2, 0.25) is 0 Å². The fraction of sp³-hybridized carbons (Fsp3) is 0.450. The fourth-order valence-electron chi connectivity index (χ4n) is 4.63. The van der Waals surface area contributed by atoms with Gasteiger partial charge in [0.05, 0.1) is 5.56 Å². The lowest BCUT2D eigenvalue weighted by molar-refractivity contribution is -0.138. The first-order valence-corrected chi connectivity index (χ1v) is 9.22. The van der Waals surface area contributed by atoms with Crippen LogP contribution in [0.25, 0.3) is 0 Å². The van der Waals surface area contributed by atoms with E-state index in [1.807, 2.05) is 4.90 Å². The normalized spacial score (nSPS) is 24.4. The number of carbonyl (C=O) groups is 1. The zero-order valence-electron chi connectivity index (χ0n) is 15.3. The van der Waals surface area contributed by atoms with E-state index in [4.69, 9.17) is 0 Å². The van der Waals surface area contributed by atoms with Gasteiger partial charge in [0.15, 0.2) is 5.69 Å². The Kier molecular flexibility index (Phi) is 4.51. The van der Waals surface area contributed by atoms with E-state index in [0.29, 0.717) is 43.1 Å². The average molecular weight is 391 g/mol. The van der Waals surface area contributed by atoms with Gasteiger partial charge in [-0.25, -0.2) is 14.8 Å². The Hall–Kier alpha value is -2.64. The van der Waals surface area contributed by atoms with Crippen LogP contribution in [0.1, 0.15) is 46.1 Å². The van der Waals surface area contributed by atoms with Crippen molar-refractivity contribution in [3.8, 4) is 0 Å². The van der Waals surface area contributed by atoms with E-state index >= 15 is 0 Å². The number of aromatic nitrogens is 2. The number of aromatic carboxylic acids is 1. The SMILES string of the molecule is Cc1cc(C(=O)O)nc(N2CC3CC(c4ccccc4C(F)(F)F)C[C@H]3C2)n1. The van der Waals surface area contributed by atoms with E-state index in [-0.39, 0.29) is 23.4 Å². The molecule has 28 heavy (non-hydrogen) atoms. The van der Waals surface area contributed by atoms with Crippen LogP contribution in [0.4, 0.5) is 19.1 Å². The highest BCUT2D eigenvalue weighted by atomic mass is 19.4. The van der Waals surface area contributed by atoms with Crippen LogP contribution in [0, 0.1) is 18.8 Å². The molecule has 1 saturated carbocycles. The Morgan fingerprint density at radius 3 is 2.39 bits per heavy atom. The molecule has 4 rings (SSSR count). The van der Waals surface area contributed by atoms with Crippen LogP contribution >= 0.6 is 0 Å². The number of anilines is 1. The summed E-state index contributed by atoms with van der Waals surface area (Å²) in [6.45, 7) is 2.99. The lowest BCUT2D eigenvalue weighted by atomic mass is 9.91. The Labute approximate surface area is 160 Å². The molecule has 2 fully saturated rings. The first-order chi connectivity index (χ1) is 13.2. The van der Waals surface area contributed by atoms with Crippen molar-refractivity contribution in [3.63, 3.8) is 0 Å². The number of hydrogen-bond donors (Lipinski definition) is 1. The molecule has 1 N–H and O–H groups in total. The molecule has 1 aliphatic carbocycles. The molecule has 0 radical (unpaired) electrons. The molecule has 0 amide bonds. The molecule has 0 spiro atoms. The van der Waals surface area contributed by atoms with Gasteiger partial charge in [-0.3, -0.25) is 0 Å². The van der Waals surface area contributed by atoms with E-state index in [1.165, 1.54) is 12.1 Å². The summed E-state index contributed by atoms with van der Waals surface area (Å²) < 4.78 is 40.0. The van der Waals surface area contributed by atoms with Gasteiger partial charge in [-0.1, -0.05) is 18.2 Å². The molecule has 0 bridgehead atoms. The fourth-order valence-corrected chi connectivity index (χ4v) is 4.63. The molecule has 2 aliphatic rings. The van der Waals surface area contributed by atoms with Gasteiger partial charge >= 0.3 is 12.1 Å². The number of alkyl halides is 3. The van der Waals surface area contributed by atoms with E-state index < -0.39 is 17.7 Å². The number of nitrogens with zero attached hydrogens (tertiary/aromatic N) is 3. The molecule has 2 aromatic rings. The highest BCUT2D eigenvalue weighted by Crippen LogP contribution is 2.49. The maximum absolute atomic E-state index is 13.3. The standard InChI is InChI=1S/C20H20F3N3O2/c1-11-6-17(18(27)28)25-19(24-11)26-9-13-7-12(8-14(13)10-26)15-4-2-3-5-16(15)20(21,22)23/h2-6,12-14H,7-10H2,1H3,(H,27,28)/t12?,13-,14?/m0/s1. The molecular weight excluding hydrogens is 371 g/mol. The minimum Gasteiger partial charge on any atom is -0.477 e. The third-order valence-corrected chi connectivity index (χ3v) is 5.80. The lowest BCUT2D eigenvalue weighted by Crippen LogP contribution is -2.25. The van der Waals surface area contributed by atoms with Gasteiger partial charge in [0.1, 0.15) is 0 Å². The molecule has 3 atom stereocenters. The lowest BCUT2D eigenvalue weighted by Gasteiger charge is -2.21. The summed E-state index contributed by atoms with van der Waals surface area (Å²) >= 11 is 0. The largest absolute Gasteiger partial charge is 0.477 e. The second-order valence-corrected chi connectivity index (χ2v) is 7.68. The Bertz CT molecular complexity index is 902. The Balaban J connectivity index is 1.51. The van der Waals surface area contributed by atoms with E-state index in [2.05, 4.69) is 9.97 Å². The second-order valence-electron chi connectivity index (χ2n) is 7.68. The predicted octanol–water partition coefficient (Wildman–Crippen LogP) is 4.13. The highest BCUT2D eigenvalue weighted by Gasteiger charge is 2.44. The zero-order chi connectivity index (χ0) is 20.1. The maximum Gasteiger partial charge on any atom is 0.416 e. The van der Waals surface area contributed by atoms with Crippen molar-refractivity contribution in [2.45, 2.75) is 31.9 Å². The number of carboxylic acid groups (broad SMARTS) is 1. The van der Waals surface area contributed by atoms with Crippen LogP contribution in [0.15, 0.2) is 30.3 Å². The van der Waals surface area contributed by atoms with Gasteiger partial charge in [-0.2, -0.15) is 13.2 Å². The van der Waals surface area contributed by atoms with E-state index in [0.717, 1.165) is 6.07 Å². The summed E-state index contributed by atoms with van der Waals surface area (Å²) in [7, 11) is 0. The quantitative estimate of drug-likeness (QED) is 0.852. The molecule has 1 saturated heterocycles. The van der Waals surface area contributed by atoms with Crippen molar-refractivity contribution < 1.29 is 23.1 Å². The van der Waals surface area contributed by atoms with Crippen LogP contribution in [0.5, 0.6) is 0 Å². The van der Waals surface area contributed by atoms with Crippen molar-refractivity contribution in [2.75, 3.05) is 18.0 Å². The number of aryl methyl sites for hydroxylation is 1. The molecular formula is C20H20F3N3O2. The monoisotopic (exact) mass is 391 g/mol. The third kappa shape index (κ3) is 3.43. The number of halogens is 3. The van der Waals surface area contributed by atoms with Crippen LogP contribution in [-0.2, 0) is 6.18 Å². The van der Waals surface area contributed by atoms with E-state index in [1.54, 1.807) is 19.1 Å². The second kappa shape index (κ2) is 6.76. The first-order valence-electron chi connectivity index (χ1n) is 9.22. The van der Waals surface area contributed by atoms with Gasteiger partial charge in [0.2, 0.25) is 5.95 Å².